The fraction of sp³-hybridized carbons (Fsp3) is 1.00. The van der Waals surface area contributed by atoms with Gasteiger partial charge in [0.2, 0.25) is 0 Å². The van der Waals surface area contributed by atoms with Crippen molar-refractivity contribution in [2.24, 2.45) is 0 Å². The van der Waals surface area contributed by atoms with E-state index < -0.39 is 0 Å². The zero-order valence-electron chi connectivity index (χ0n) is 4.50. The van der Waals surface area contributed by atoms with Crippen molar-refractivity contribution in [1.82, 2.24) is 0 Å². The van der Waals surface area contributed by atoms with Gasteiger partial charge in [-0.25, -0.2) is 0 Å². The van der Waals surface area contributed by atoms with Crippen LogP contribution in [0.2, 0.25) is 0 Å². The molecule has 3 heteroatoms. The van der Waals surface area contributed by atoms with Crippen molar-refractivity contribution < 1.29 is 14.2 Å². The zero-order valence-corrected chi connectivity index (χ0v) is 4.50. The Kier molecular flexibility index (Phi) is 0.997. The van der Waals surface area contributed by atoms with Gasteiger partial charge in [-0.2, -0.15) is 0 Å². The summed E-state index contributed by atoms with van der Waals surface area (Å²) in [6.45, 7) is 2.12. The van der Waals surface area contributed by atoms with E-state index in [4.69, 9.17) is 14.2 Å². The van der Waals surface area contributed by atoms with Crippen molar-refractivity contribution in [2.45, 2.75) is 12.4 Å². The maximum atomic E-state index is 5.23. The lowest BCUT2D eigenvalue weighted by atomic mass is 10.2. The molecular weight excluding hydrogens is 108 g/mol. The summed E-state index contributed by atoms with van der Waals surface area (Å²) < 4.78 is 15.3. The molecule has 0 aromatic heterocycles. The fourth-order valence-corrected chi connectivity index (χ4v) is 0.899. The third-order valence-electron chi connectivity index (χ3n) is 1.43. The minimum atomic E-state index is -0.0382. The van der Waals surface area contributed by atoms with Gasteiger partial charge < -0.3 is 14.2 Å². The Morgan fingerprint density at radius 2 is 1.88 bits per heavy atom. The van der Waals surface area contributed by atoms with E-state index in [9.17, 15) is 0 Å². The lowest BCUT2D eigenvalue weighted by Gasteiger charge is -2.39. The molecule has 2 fully saturated rings. The van der Waals surface area contributed by atoms with Gasteiger partial charge in [-0.15, -0.1) is 0 Å². The van der Waals surface area contributed by atoms with Gasteiger partial charge in [0.25, 0.3) is 0 Å². The molecule has 2 aliphatic heterocycles. The smallest absolute Gasteiger partial charge is 0.186 e. The summed E-state index contributed by atoms with van der Waals surface area (Å²) in [5.41, 5.74) is 0. The molecule has 46 valence electrons. The van der Waals surface area contributed by atoms with E-state index in [1.165, 1.54) is 0 Å². The van der Waals surface area contributed by atoms with Crippen LogP contribution in [0.3, 0.4) is 0 Å². The van der Waals surface area contributed by atoms with E-state index in [0.717, 1.165) is 6.61 Å². The molecular formula is C5H8O3. The highest BCUT2D eigenvalue weighted by molar-refractivity contribution is 4.74. The minimum Gasteiger partial charge on any atom is -0.368 e. The summed E-state index contributed by atoms with van der Waals surface area (Å²) >= 11 is 0. The molecule has 0 aromatic carbocycles. The number of hydrogen-bond donors (Lipinski definition) is 0. The molecule has 2 unspecified atom stereocenters. The molecule has 0 N–H and O–H groups in total. The first-order valence-corrected chi connectivity index (χ1v) is 2.81. The van der Waals surface area contributed by atoms with Gasteiger partial charge in [0, 0.05) is 0 Å². The molecule has 3 nitrogen and oxygen atoms in total. The highest BCUT2D eigenvalue weighted by Crippen LogP contribution is 2.20. The van der Waals surface area contributed by atoms with Crippen LogP contribution in [0.4, 0.5) is 0 Å². The summed E-state index contributed by atoms with van der Waals surface area (Å²) in [7, 11) is 0. The first kappa shape index (κ1) is 4.73. The Morgan fingerprint density at radius 1 is 1.00 bits per heavy atom. The first-order valence-electron chi connectivity index (χ1n) is 2.81. The van der Waals surface area contributed by atoms with Gasteiger partial charge in [-0.05, 0) is 0 Å². The highest BCUT2D eigenvalue weighted by Gasteiger charge is 2.36. The predicted molar refractivity (Wildman–Crippen MR) is 25.4 cm³/mol. The van der Waals surface area contributed by atoms with Gasteiger partial charge in [0.15, 0.2) is 6.29 Å². The highest BCUT2D eigenvalue weighted by atomic mass is 16.8. The molecule has 8 heavy (non-hydrogen) atoms. The maximum absolute atomic E-state index is 5.23. The summed E-state index contributed by atoms with van der Waals surface area (Å²) in [6.07, 6.45) is 0.201. The van der Waals surface area contributed by atoms with Crippen molar-refractivity contribution in [3.05, 3.63) is 0 Å². The Balaban J connectivity index is 1.92. The number of fused-ring (bicyclic) bond motifs is 1. The third kappa shape index (κ3) is 0.555. The normalized spacial score (nSPS) is 45.0. The third-order valence-corrected chi connectivity index (χ3v) is 1.43. The molecule has 2 atom stereocenters. The van der Waals surface area contributed by atoms with Crippen LogP contribution in [0.15, 0.2) is 0 Å². The largest absolute Gasteiger partial charge is 0.368 e. The van der Waals surface area contributed by atoms with Crippen LogP contribution in [0.5, 0.6) is 0 Å². The van der Waals surface area contributed by atoms with Crippen LogP contribution >= 0.6 is 0 Å². The molecule has 2 rings (SSSR count). The van der Waals surface area contributed by atoms with Crippen LogP contribution in [0, 0.1) is 0 Å². The fourth-order valence-electron chi connectivity index (χ4n) is 0.899. The molecule has 0 bridgehead atoms. The lowest BCUT2D eigenvalue weighted by molar-refractivity contribution is -0.328. The second-order valence-corrected chi connectivity index (χ2v) is 1.98. The molecule has 0 saturated carbocycles. The Morgan fingerprint density at radius 3 is 2.25 bits per heavy atom. The van der Waals surface area contributed by atoms with Crippen molar-refractivity contribution in [2.75, 3.05) is 19.8 Å². The van der Waals surface area contributed by atoms with E-state index in [1.54, 1.807) is 0 Å². The molecule has 0 aromatic rings. The van der Waals surface area contributed by atoms with E-state index in [0.29, 0.717) is 13.2 Å². The monoisotopic (exact) mass is 116 g/mol. The quantitative estimate of drug-likeness (QED) is 0.437. The van der Waals surface area contributed by atoms with E-state index in [1.807, 2.05) is 0 Å². The van der Waals surface area contributed by atoms with Gasteiger partial charge in [-0.3, -0.25) is 0 Å². The van der Waals surface area contributed by atoms with E-state index >= 15 is 0 Å². The molecule has 0 spiro atoms. The Labute approximate surface area is 47.5 Å². The first-order chi connectivity index (χ1) is 3.97. The number of ether oxygens (including phenoxy) is 3. The standard InChI is InChI=1S/C5H8O3/c1-2-7-5-4(6-1)3-8-5/h4-5H,1-3H2. The molecule has 0 amide bonds. The second kappa shape index (κ2) is 1.69. The van der Waals surface area contributed by atoms with Crippen LogP contribution in [0.1, 0.15) is 0 Å². The second-order valence-electron chi connectivity index (χ2n) is 1.98. The summed E-state index contributed by atoms with van der Waals surface area (Å²) in [6, 6.07) is 0. The van der Waals surface area contributed by atoms with Gasteiger partial charge in [-0.1, -0.05) is 0 Å². The van der Waals surface area contributed by atoms with Crippen molar-refractivity contribution in [3.63, 3.8) is 0 Å². The van der Waals surface area contributed by atoms with E-state index in [2.05, 4.69) is 0 Å². The lowest BCUT2D eigenvalue weighted by Crippen LogP contribution is -2.52. The molecule has 2 saturated heterocycles. The summed E-state index contributed by atoms with van der Waals surface area (Å²) in [5, 5.41) is 0. The number of hydrogen-bond acceptors (Lipinski definition) is 3. The molecule has 2 heterocycles. The van der Waals surface area contributed by atoms with Crippen LogP contribution < -0.4 is 0 Å². The number of rotatable bonds is 0. The summed E-state index contributed by atoms with van der Waals surface area (Å²) in [5.74, 6) is 0. The van der Waals surface area contributed by atoms with Crippen LogP contribution in [-0.4, -0.2) is 32.2 Å². The van der Waals surface area contributed by atoms with Crippen LogP contribution in [-0.2, 0) is 14.2 Å². The molecule has 0 aliphatic carbocycles. The minimum absolute atomic E-state index is 0.0382. The Bertz CT molecular complexity index is 81.7. The topological polar surface area (TPSA) is 27.7 Å². The molecule has 2 aliphatic rings. The predicted octanol–water partition coefficient (Wildman–Crippen LogP) is -0.242. The van der Waals surface area contributed by atoms with Crippen LogP contribution in [0.25, 0.3) is 0 Å². The SMILES string of the molecule is C1COC2OCC2O1. The Hall–Kier alpha value is -0.120. The van der Waals surface area contributed by atoms with Gasteiger partial charge in [0.05, 0.1) is 19.8 Å². The summed E-state index contributed by atoms with van der Waals surface area (Å²) in [4.78, 5) is 0. The van der Waals surface area contributed by atoms with E-state index in [-0.39, 0.29) is 12.4 Å². The average molecular weight is 116 g/mol. The van der Waals surface area contributed by atoms with Crippen molar-refractivity contribution in [3.8, 4) is 0 Å². The maximum Gasteiger partial charge on any atom is 0.186 e. The zero-order chi connectivity index (χ0) is 5.40. The van der Waals surface area contributed by atoms with Gasteiger partial charge in [0.1, 0.15) is 6.10 Å². The van der Waals surface area contributed by atoms with Crippen molar-refractivity contribution >= 4 is 0 Å². The molecule has 0 radical (unpaired) electrons. The van der Waals surface area contributed by atoms with Crippen molar-refractivity contribution in [1.29, 1.82) is 0 Å². The average Bonchev–Trinajstić information content (AvgIpc) is 1.72. The van der Waals surface area contributed by atoms with Gasteiger partial charge >= 0.3 is 0 Å².